The van der Waals surface area contributed by atoms with Crippen LogP contribution in [0.25, 0.3) is 11.0 Å². The van der Waals surface area contributed by atoms with E-state index in [1.807, 2.05) is 12.1 Å². The zero-order valence-electron chi connectivity index (χ0n) is 16.3. The van der Waals surface area contributed by atoms with Crippen LogP contribution in [-0.2, 0) is 11.2 Å². The van der Waals surface area contributed by atoms with Crippen LogP contribution in [0.4, 0.5) is 22.0 Å². The Balaban J connectivity index is 1.44. The van der Waals surface area contributed by atoms with Crippen molar-refractivity contribution in [1.82, 2.24) is 5.16 Å². The first-order valence-corrected chi connectivity index (χ1v) is 9.60. The van der Waals surface area contributed by atoms with E-state index < -0.39 is 47.4 Å². The maximum atomic E-state index is 13.6. The molecule has 3 aromatic carbocycles. The van der Waals surface area contributed by atoms with Gasteiger partial charge in [0.2, 0.25) is 29.1 Å². The van der Waals surface area contributed by atoms with Crippen LogP contribution < -0.4 is 9.47 Å². The summed E-state index contributed by atoms with van der Waals surface area (Å²) in [5.74, 6) is -13.9. The highest BCUT2D eigenvalue weighted by Crippen LogP contribution is 2.29. The predicted molar refractivity (Wildman–Crippen MR) is 106 cm³/mol. The maximum absolute atomic E-state index is 13.6. The normalized spacial score (nSPS) is 11.1. The molecule has 170 valence electrons. The zero-order chi connectivity index (χ0) is 23.7. The summed E-state index contributed by atoms with van der Waals surface area (Å²) in [6, 6.07) is 11.5. The Morgan fingerprint density at radius 3 is 2.21 bits per heavy atom. The summed E-state index contributed by atoms with van der Waals surface area (Å²) in [4.78, 5) is 11.9. The minimum Gasteiger partial charge on any atom is -0.476 e. The van der Waals surface area contributed by atoms with Crippen LogP contribution in [0, 0.1) is 29.1 Å². The van der Waals surface area contributed by atoms with Crippen molar-refractivity contribution in [3.63, 3.8) is 0 Å². The lowest BCUT2D eigenvalue weighted by Gasteiger charge is -2.10. The van der Waals surface area contributed by atoms with Gasteiger partial charge in [0.15, 0.2) is 17.9 Å². The van der Waals surface area contributed by atoms with Gasteiger partial charge in [-0.25, -0.2) is 18.0 Å². The van der Waals surface area contributed by atoms with E-state index in [1.54, 1.807) is 18.2 Å². The van der Waals surface area contributed by atoms with Crippen molar-refractivity contribution in [3.8, 4) is 11.5 Å². The summed E-state index contributed by atoms with van der Waals surface area (Å²) in [5.41, 5.74) is 1.86. The van der Waals surface area contributed by atoms with Gasteiger partial charge in [-0.15, -0.1) is 0 Å². The molecule has 0 saturated carbocycles. The van der Waals surface area contributed by atoms with Gasteiger partial charge in [0, 0.05) is 22.9 Å². The fourth-order valence-electron chi connectivity index (χ4n) is 2.96. The molecule has 33 heavy (non-hydrogen) atoms. The molecule has 1 aromatic heterocycles. The molecule has 0 N–H and O–H groups in total. The Morgan fingerprint density at radius 1 is 0.909 bits per heavy atom. The number of hydrogen-bond acceptors (Lipinski definition) is 5. The lowest BCUT2D eigenvalue weighted by Crippen LogP contribution is -2.19. The first kappa shape index (κ1) is 22.5. The molecular formula is C22H11ClF5NO4. The minimum absolute atomic E-state index is 0.0114. The number of aromatic nitrogens is 1. The lowest BCUT2D eigenvalue weighted by atomic mass is 10.1. The van der Waals surface area contributed by atoms with E-state index in [0.717, 1.165) is 5.56 Å². The topological polar surface area (TPSA) is 61.6 Å². The van der Waals surface area contributed by atoms with Gasteiger partial charge in [-0.1, -0.05) is 28.9 Å². The minimum atomic E-state index is -2.34. The molecule has 1 heterocycles. The highest BCUT2D eigenvalue weighted by atomic mass is 35.5. The summed E-state index contributed by atoms with van der Waals surface area (Å²) in [7, 11) is 0. The van der Waals surface area contributed by atoms with E-state index in [4.69, 9.17) is 20.9 Å². The monoisotopic (exact) mass is 483 g/mol. The van der Waals surface area contributed by atoms with Gasteiger partial charge < -0.3 is 14.0 Å². The first-order chi connectivity index (χ1) is 15.7. The number of carbonyl (C=O) groups is 1. The van der Waals surface area contributed by atoms with Crippen LogP contribution in [-0.4, -0.2) is 17.7 Å². The van der Waals surface area contributed by atoms with Crippen LogP contribution in [0.15, 0.2) is 47.0 Å². The lowest BCUT2D eigenvalue weighted by molar-refractivity contribution is -0.136. The number of nitrogens with zero attached hydrogens (tertiary/aromatic N) is 1. The van der Waals surface area contributed by atoms with Gasteiger partial charge in [-0.05, 0) is 29.8 Å². The molecule has 0 bridgehead atoms. The number of ether oxygens (including phenoxy) is 2. The van der Waals surface area contributed by atoms with Crippen molar-refractivity contribution in [2.24, 2.45) is 0 Å². The third-order valence-electron chi connectivity index (χ3n) is 4.54. The second kappa shape index (κ2) is 9.07. The quantitative estimate of drug-likeness (QED) is 0.115. The third kappa shape index (κ3) is 4.61. The number of benzene rings is 3. The van der Waals surface area contributed by atoms with Crippen LogP contribution in [0.2, 0.25) is 5.02 Å². The molecule has 0 spiro atoms. The standard InChI is InChI=1S/C22H11ClF5NO4/c23-11-3-1-10(2-4-11)7-14-13-6-5-12(8-15(13)33-29-14)32-16(30)9-31-22-20(27)18(25)17(24)19(26)21(22)28/h1-6,8H,7,9H2. The molecule has 0 unspecified atom stereocenters. The third-order valence-corrected chi connectivity index (χ3v) is 4.79. The van der Waals surface area contributed by atoms with Gasteiger partial charge in [0.1, 0.15) is 5.75 Å². The molecule has 4 rings (SSSR count). The number of carbonyl (C=O) groups excluding carboxylic acids is 1. The maximum Gasteiger partial charge on any atom is 0.349 e. The molecular weight excluding hydrogens is 473 g/mol. The van der Waals surface area contributed by atoms with Crippen molar-refractivity contribution in [1.29, 1.82) is 0 Å². The second-order valence-electron chi connectivity index (χ2n) is 6.75. The molecule has 0 atom stereocenters. The predicted octanol–water partition coefficient (Wildman–Crippen LogP) is 5.75. The highest BCUT2D eigenvalue weighted by Gasteiger charge is 2.27. The second-order valence-corrected chi connectivity index (χ2v) is 7.19. The molecule has 0 aliphatic carbocycles. The smallest absolute Gasteiger partial charge is 0.349 e. The summed E-state index contributed by atoms with van der Waals surface area (Å²) < 4.78 is 81.4. The molecule has 0 fully saturated rings. The van der Waals surface area contributed by atoms with Crippen molar-refractivity contribution in [3.05, 3.63) is 87.8 Å². The average molecular weight is 484 g/mol. The van der Waals surface area contributed by atoms with Crippen LogP contribution in [0.1, 0.15) is 11.3 Å². The molecule has 4 aromatic rings. The van der Waals surface area contributed by atoms with E-state index in [-0.39, 0.29) is 5.75 Å². The van der Waals surface area contributed by atoms with E-state index in [9.17, 15) is 26.7 Å². The zero-order valence-corrected chi connectivity index (χ0v) is 17.1. The van der Waals surface area contributed by atoms with Gasteiger partial charge in [0.05, 0.1) is 5.69 Å². The molecule has 5 nitrogen and oxygen atoms in total. The fourth-order valence-corrected chi connectivity index (χ4v) is 3.09. The fraction of sp³-hybridized carbons (Fsp3) is 0.0909. The van der Waals surface area contributed by atoms with E-state index >= 15 is 0 Å². The highest BCUT2D eigenvalue weighted by molar-refractivity contribution is 6.30. The van der Waals surface area contributed by atoms with E-state index in [1.165, 1.54) is 12.1 Å². The molecule has 0 amide bonds. The molecule has 0 aliphatic heterocycles. The molecule has 0 radical (unpaired) electrons. The number of rotatable bonds is 6. The Labute approximate surface area is 187 Å². The summed E-state index contributed by atoms with van der Waals surface area (Å²) in [6.45, 7) is -1.12. The number of fused-ring (bicyclic) bond motifs is 1. The Kier molecular flexibility index (Phi) is 6.19. The van der Waals surface area contributed by atoms with Crippen molar-refractivity contribution in [2.45, 2.75) is 6.42 Å². The van der Waals surface area contributed by atoms with Gasteiger partial charge >= 0.3 is 5.97 Å². The summed E-state index contributed by atoms with van der Waals surface area (Å²) >= 11 is 5.87. The largest absolute Gasteiger partial charge is 0.476 e. The van der Waals surface area contributed by atoms with Crippen molar-refractivity contribution >= 4 is 28.5 Å². The van der Waals surface area contributed by atoms with E-state index in [2.05, 4.69) is 9.89 Å². The van der Waals surface area contributed by atoms with Crippen molar-refractivity contribution < 1.29 is 40.7 Å². The SMILES string of the molecule is O=C(COc1c(F)c(F)c(F)c(F)c1F)Oc1ccc2c(Cc3ccc(Cl)cc3)noc2c1. The van der Waals surface area contributed by atoms with Crippen LogP contribution >= 0.6 is 11.6 Å². The Morgan fingerprint density at radius 2 is 1.55 bits per heavy atom. The summed E-state index contributed by atoms with van der Waals surface area (Å²) in [6.07, 6.45) is 0.457. The molecule has 0 aliphatic rings. The summed E-state index contributed by atoms with van der Waals surface area (Å²) in [5, 5.41) is 5.25. The van der Waals surface area contributed by atoms with E-state index in [0.29, 0.717) is 28.1 Å². The van der Waals surface area contributed by atoms with Gasteiger partial charge in [-0.2, -0.15) is 8.78 Å². The molecule has 11 heteroatoms. The Bertz CT molecular complexity index is 1330. The first-order valence-electron chi connectivity index (χ1n) is 9.22. The van der Waals surface area contributed by atoms with Crippen molar-refractivity contribution in [2.75, 3.05) is 6.61 Å². The van der Waals surface area contributed by atoms with Gasteiger partial charge in [-0.3, -0.25) is 0 Å². The Hall–Kier alpha value is -3.66. The number of esters is 1. The van der Waals surface area contributed by atoms with Crippen LogP contribution in [0.3, 0.4) is 0 Å². The number of halogens is 6. The van der Waals surface area contributed by atoms with Crippen LogP contribution in [0.5, 0.6) is 11.5 Å². The van der Waals surface area contributed by atoms with Gasteiger partial charge in [0.25, 0.3) is 0 Å². The average Bonchev–Trinajstić information content (AvgIpc) is 3.19. The molecule has 0 saturated heterocycles. The number of hydrogen-bond donors (Lipinski definition) is 0.